The number of amides is 1. The van der Waals surface area contributed by atoms with E-state index in [9.17, 15) is 18.4 Å². The first-order chi connectivity index (χ1) is 14.0. The second kappa shape index (κ2) is 7.90. The zero-order valence-electron chi connectivity index (χ0n) is 15.4. The number of rotatable bonds is 4. The summed E-state index contributed by atoms with van der Waals surface area (Å²) in [6.07, 6.45) is 5.66. The Bertz CT molecular complexity index is 1100. The highest BCUT2D eigenvalue weighted by atomic mass is 19.1. The van der Waals surface area contributed by atoms with Crippen LogP contribution in [-0.4, -0.2) is 36.3 Å². The Labute approximate surface area is 164 Å². The van der Waals surface area contributed by atoms with Crippen LogP contribution in [0.3, 0.4) is 0 Å². The summed E-state index contributed by atoms with van der Waals surface area (Å²) in [4.78, 5) is 32.5. The Kier molecular flexibility index (Phi) is 5.15. The minimum Gasteiger partial charge on any atom is -0.348 e. The summed E-state index contributed by atoms with van der Waals surface area (Å²) >= 11 is 0. The molecule has 0 saturated carbocycles. The average Bonchev–Trinajstić information content (AvgIpc) is 2.86. The predicted octanol–water partition coefficient (Wildman–Crippen LogP) is 1.30. The second-order valence-electron chi connectivity index (χ2n) is 6.85. The largest absolute Gasteiger partial charge is 0.348 e. The molecule has 0 saturated heterocycles. The van der Waals surface area contributed by atoms with Crippen molar-refractivity contribution in [3.8, 4) is 0 Å². The summed E-state index contributed by atoms with van der Waals surface area (Å²) < 4.78 is 29.7. The van der Waals surface area contributed by atoms with Crippen LogP contribution in [0.2, 0.25) is 0 Å². The molecule has 0 radical (unpaired) electrons. The zero-order chi connectivity index (χ0) is 20.4. The fourth-order valence-electron chi connectivity index (χ4n) is 3.38. The number of halogens is 2. The van der Waals surface area contributed by atoms with Gasteiger partial charge in [-0.05, 0) is 24.5 Å². The topological polar surface area (TPSA) is 94.7 Å². The molecule has 0 aliphatic carbocycles. The molecule has 1 amide bonds. The summed E-state index contributed by atoms with van der Waals surface area (Å²) in [7, 11) is 0. The van der Waals surface area contributed by atoms with Crippen LogP contribution >= 0.6 is 0 Å². The molecule has 3 aromatic rings. The lowest BCUT2D eigenvalue weighted by atomic mass is 10.1. The van der Waals surface area contributed by atoms with E-state index in [1.54, 1.807) is 23.0 Å². The summed E-state index contributed by atoms with van der Waals surface area (Å²) in [6.45, 7) is 0.716. The Morgan fingerprint density at radius 1 is 1.28 bits per heavy atom. The molecule has 1 aliphatic heterocycles. The fourth-order valence-corrected chi connectivity index (χ4v) is 3.38. The first-order valence-corrected chi connectivity index (χ1v) is 9.18. The first kappa shape index (κ1) is 18.9. The van der Waals surface area contributed by atoms with Crippen molar-refractivity contribution >= 4 is 5.91 Å². The molecule has 8 nitrogen and oxygen atoms in total. The molecule has 1 atom stereocenters. The van der Waals surface area contributed by atoms with Crippen LogP contribution < -0.4 is 11.0 Å². The van der Waals surface area contributed by atoms with E-state index in [2.05, 4.69) is 20.4 Å². The van der Waals surface area contributed by atoms with Crippen LogP contribution in [0, 0.1) is 11.6 Å². The molecular weight excluding hydrogens is 382 g/mol. The minimum absolute atomic E-state index is 0.220. The minimum atomic E-state index is -1.01. The number of nitrogens with zero attached hydrogens (tertiary/aromatic N) is 5. The van der Waals surface area contributed by atoms with Crippen molar-refractivity contribution in [1.29, 1.82) is 0 Å². The van der Waals surface area contributed by atoms with E-state index in [0.29, 0.717) is 44.2 Å². The third-order valence-electron chi connectivity index (χ3n) is 4.83. The fraction of sp³-hybridized carbons (Fsp3) is 0.316. The lowest BCUT2D eigenvalue weighted by Crippen LogP contribution is -2.36. The molecule has 0 fully saturated rings. The van der Waals surface area contributed by atoms with E-state index in [1.165, 1.54) is 4.68 Å². The monoisotopic (exact) mass is 400 g/mol. The maximum absolute atomic E-state index is 13.8. The number of aromatic nitrogens is 5. The van der Waals surface area contributed by atoms with Gasteiger partial charge in [0.05, 0.1) is 12.7 Å². The normalized spacial score (nSPS) is 16.1. The van der Waals surface area contributed by atoms with Crippen molar-refractivity contribution in [1.82, 2.24) is 29.6 Å². The maximum atomic E-state index is 13.8. The molecule has 4 heterocycles. The summed E-state index contributed by atoms with van der Waals surface area (Å²) in [5.74, 6) is -1.92. The second-order valence-corrected chi connectivity index (χ2v) is 6.85. The smallest absolute Gasteiger partial charge is 0.346 e. The zero-order valence-corrected chi connectivity index (χ0v) is 15.4. The van der Waals surface area contributed by atoms with E-state index >= 15 is 0 Å². The predicted molar refractivity (Wildman–Crippen MR) is 98.2 cm³/mol. The molecule has 1 N–H and O–H groups in total. The number of pyridine rings is 2. The van der Waals surface area contributed by atoms with Gasteiger partial charge in [-0.2, -0.15) is 5.10 Å². The Balaban J connectivity index is 1.44. The van der Waals surface area contributed by atoms with Crippen molar-refractivity contribution in [2.24, 2.45) is 0 Å². The molecule has 4 rings (SSSR count). The molecule has 0 spiro atoms. The highest BCUT2D eigenvalue weighted by Crippen LogP contribution is 2.14. The van der Waals surface area contributed by atoms with Crippen LogP contribution in [0.1, 0.15) is 34.7 Å². The number of hydrogen-bond donors (Lipinski definition) is 1. The highest BCUT2D eigenvalue weighted by molar-refractivity contribution is 5.92. The quantitative estimate of drug-likeness (QED) is 0.712. The molecule has 0 aromatic carbocycles. The van der Waals surface area contributed by atoms with Gasteiger partial charge in [-0.25, -0.2) is 23.2 Å². The summed E-state index contributed by atoms with van der Waals surface area (Å²) in [6, 6.07) is 4.02. The first-order valence-electron chi connectivity index (χ1n) is 9.18. The highest BCUT2D eigenvalue weighted by Gasteiger charge is 2.24. The van der Waals surface area contributed by atoms with Crippen LogP contribution in [0.5, 0.6) is 0 Å². The molecular formula is C19H18F2N6O2. The van der Waals surface area contributed by atoms with Crippen LogP contribution in [-0.2, 0) is 19.5 Å². The van der Waals surface area contributed by atoms with E-state index in [-0.39, 0.29) is 11.7 Å². The number of hydrogen-bond acceptors (Lipinski definition) is 5. The number of carbonyl (C=O) groups excluding carboxylic acids is 1. The van der Waals surface area contributed by atoms with E-state index in [4.69, 9.17) is 0 Å². The molecule has 1 unspecified atom stereocenters. The van der Waals surface area contributed by atoms with Gasteiger partial charge in [0.15, 0.2) is 11.5 Å². The van der Waals surface area contributed by atoms with Gasteiger partial charge in [-0.1, -0.05) is 6.07 Å². The van der Waals surface area contributed by atoms with Gasteiger partial charge < -0.3 is 5.32 Å². The Morgan fingerprint density at radius 3 is 2.90 bits per heavy atom. The molecule has 1 aliphatic rings. The molecule has 150 valence electrons. The lowest BCUT2D eigenvalue weighted by molar-refractivity contribution is 0.0923. The van der Waals surface area contributed by atoms with E-state index < -0.39 is 23.2 Å². The number of carbonyl (C=O) groups is 1. The summed E-state index contributed by atoms with van der Waals surface area (Å²) in [5, 5.41) is 7.13. The van der Waals surface area contributed by atoms with E-state index in [0.717, 1.165) is 11.8 Å². The third kappa shape index (κ3) is 4.05. The van der Waals surface area contributed by atoms with Gasteiger partial charge in [0.1, 0.15) is 11.6 Å². The SMILES string of the molecule is O=C(NC1CCc2nn(Cc3cccnc3)c(=O)n2CC1)c1ncc(F)cc1F. The number of fused-ring (bicyclic) bond motifs is 1. The molecule has 10 heteroatoms. The van der Waals surface area contributed by atoms with Crippen molar-refractivity contribution in [3.05, 3.63) is 76.0 Å². The maximum Gasteiger partial charge on any atom is 0.346 e. The van der Waals surface area contributed by atoms with Crippen molar-refractivity contribution in [2.75, 3.05) is 0 Å². The van der Waals surface area contributed by atoms with Gasteiger partial charge in [0.25, 0.3) is 5.91 Å². The van der Waals surface area contributed by atoms with Crippen LogP contribution in [0.15, 0.2) is 41.6 Å². The van der Waals surface area contributed by atoms with Crippen LogP contribution in [0.25, 0.3) is 0 Å². The lowest BCUT2D eigenvalue weighted by Gasteiger charge is -2.15. The third-order valence-corrected chi connectivity index (χ3v) is 4.83. The van der Waals surface area contributed by atoms with Crippen molar-refractivity contribution in [2.45, 2.75) is 38.4 Å². The van der Waals surface area contributed by atoms with Gasteiger partial charge in [-0.15, -0.1) is 0 Å². The van der Waals surface area contributed by atoms with Crippen molar-refractivity contribution in [3.63, 3.8) is 0 Å². The van der Waals surface area contributed by atoms with Gasteiger partial charge in [0, 0.05) is 37.5 Å². The van der Waals surface area contributed by atoms with Gasteiger partial charge in [-0.3, -0.25) is 14.3 Å². The molecule has 0 bridgehead atoms. The standard InChI is InChI=1S/C19H18F2N6O2/c20-13-8-15(21)17(23-10-13)18(28)24-14-3-4-16-25-27(19(29)26(16)7-5-14)11-12-2-1-6-22-9-12/h1-2,6,8-10,14H,3-5,7,11H2,(H,24,28). The van der Waals surface area contributed by atoms with Gasteiger partial charge >= 0.3 is 5.69 Å². The van der Waals surface area contributed by atoms with Gasteiger partial charge in [0.2, 0.25) is 0 Å². The average molecular weight is 400 g/mol. The van der Waals surface area contributed by atoms with Crippen LogP contribution in [0.4, 0.5) is 8.78 Å². The molecule has 29 heavy (non-hydrogen) atoms. The van der Waals surface area contributed by atoms with E-state index in [1.807, 2.05) is 6.07 Å². The molecule has 3 aromatic heterocycles. The Hall–Kier alpha value is -3.43. The number of nitrogens with one attached hydrogen (secondary N) is 1. The van der Waals surface area contributed by atoms with Crippen molar-refractivity contribution < 1.29 is 13.6 Å². The number of aryl methyl sites for hydroxylation is 1. The summed E-state index contributed by atoms with van der Waals surface area (Å²) in [5.41, 5.74) is 0.205. The Morgan fingerprint density at radius 2 is 2.14 bits per heavy atom.